The summed E-state index contributed by atoms with van der Waals surface area (Å²) in [5, 5.41) is 11.8. The predicted molar refractivity (Wildman–Crippen MR) is 127 cm³/mol. The minimum absolute atomic E-state index is 0.00809. The molecule has 0 aliphatic carbocycles. The van der Waals surface area contributed by atoms with Crippen molar-refractivity contribution in [2.24, 2.45) is 0 Å². The number of aromatic nitrogens is 3. The molecule has 3 rings (SSSR count). The largest absolute Gasteiger partial charge is 0.455 e. The summed E-state index contributed by atoms with van der Waals surface area (Å²) < 4.78 is 6.82. The number of hydrogen-bond acceptors (Lipinski definition) is 6. The van der Waals surface area contributed by atoms with E-state index in [1.165, 1.54) is 17.3 Å². The Bertz CT molecular complexity index is 1110. The summed E-state index contributed by atoms with van der Waals surface area (Å²) in [4.78, 5) is 24.2. The van der Waals surface area contributed by atoms with E-state index in [1.807, 2.05) is 43.3 Å². The van der Waals surface area contributed by atoms with Crippen molar-refractivity contribution >= 4 is 40.9 Å². The molecule has 1 aromatic heterocycles. The summed E-state index contributed by atoms with van der Waals surface area (Å²) in [6, 6.07) is 13.2. The van der Waals surface area contributed by atoms with Gasteiger partial charge in [0, 0.05) is 10.7 Å². The van der Waals surface area contributed by atoms with Gasteiger partial charge in [-0.15, -0.1) is 10.2 Å². The number of carbonyl (C=O) groups excluding carboxylic acids is 2. The zero-order valence-corrected chi connectivity index (χ0v) is 20.0. The summed E-state index contributed by atoms with van der Waals surface area (Å²) in [5.41, 5.74) is 3.60. The van der Waals surface area contributed by atoms with Crippen molar-refractivity contribution in [1.29, 1.82) is 0 Å². The van der Waals surface area contributed by atoms with Crippen LogP contribution in [0.4, 0.5) is 5.69 Å². The van der Waals surface area contributed by atoms with Crippen molar-refractivity contribution < 1.29 is 14.3 Å². The molecule has 0 saturated heterocycles. The van der Waals surface area contributed by atoms with E-state index in [1.54, 1.807) is 17.0 Å². The molecule has 7 nitrogen and oxygen atoms in total. The first kappa shape index (κ1) is 23.8. The zero-order chi connectivity index (χ0) is 23.3. The molecule has 1 heterocycles. The lowest BCUT2D eigenvalue weighted by Crippen LogP contribution is -2.21. The van der Waals surface area contributed by atoms with Crippen molar-refractivity contribution in [1.82, 2.24) is 14.8 Å². The van der Waals surface area contributed by atoms with E-state index in [2.05, 4.69) is 36.3 Å². The molecule has 1 amide bonds. The van der Waals surface area contributed by atoms with Gasteiger partial charge < -0.3 is 10.1 Å². The number of amides is 1. The highest BCUT2D eigenvalue weighted by molar-refractivity contribution is 7.99. The fraction of sp³-hybridized carbons (Fsp3) is 0.304. The van der Waals surface area contributed by atoms with Gasteiger partial charge in [0.25, 0.3) is 5.91 Å². The van der Waals surface area contributed by atoms with Crippen LogP contribution in [-0.2, 0) is 19.7 Å². The van der Waals surface area contributed by atoms with Crippen LogP contribution in [0.1, 0.15) is 31.9 Å². The van der Waals surface area contributed by atoms with Crippen LogP contribution in [0.5, 0.6) is 0 Å². The molecule has 0 bridgehead atoms. The van der Waals surface area contributed by atoms with Crippen molar-refractivity contribution in [3.05, 3.63) is 64.9 Å². The summed E-state index contributed by atoms with van der Waals surface area (Å²) in [7, 11) is 0. The molecule has 0 spiro atoms. The molecule has 1 N–H and O–H groups in total. The molecule has 3 aromatic rings. The van der Waals surface area contributed by atoms with Crippen LogP contribution in [0.3, 0.4) is 0 Å². The molecule has 0 saturated carbocycles. The standard InChI is InChI=1S/C23H25ClN4O3S/c1-15-5-10-18(11-19(15)24)28-14-25-27-22(28)32-13-21(30)31-12-20(29)26-17-8-6-16(7-9-17)23(2,3)4/h5-11,14H,12-13H2,1-4H3,(H,26,29). The van der Waals surface area contributed by atoms with Crippen molar-refractivity contribution in [3.63, 3.8) is 0 Å². The molecular formula is C23H25ClN4O3S. The second-order valence-corrected chi connectivity index (χ2v) is 9.59. The number of ether oxygens (including phenoxy) is 1. The summed E-state index contributed by atoms with van der Waals surface area (Å²) >= 11 is 7.36. The Morgan fingerprint density at radius 3 is 2.53 bits per heavy atom. The van der Waals surface area contributed by atoms with Crippen molar-refractivity contribution in [3.8, 4) is 5.69 Å². The maximum Gasteiger partial charge on any atom is 0.316 e. The first-order chi connectivity index (χ1) is 15.1. The van der Waals surface area contributed by atoms with Gasteiger partial charge in [0.2, 0.25) is 0 Å². The number of rotatable bonds is 7. The summed E-state index contributed by atoms with van der Waals surface area (Å²) in [6.45, 7) is 7.92. The van der Waals surface area contributed by atoms with E-state index in [-0.39, 0.29) is 17.8 Å². The van der Waals surface area contributed by atoms with Gasteiger partial charge in [-0.2, -0.15) is 0 Å². The number of hydrogen-bond donors (Lipinski definition) is 1. The molecule has 0 unspecified atom stereocenters. The van der Waals surface area contributed by atoms with Crippen LogP contribution in [0.15, 0.2) is 53.9 Å². The Hall–Kier alpha value is -2.84. The van der Waals surface area contributed by atoms with E-state index >= 15 is 0 Å². The molecule has 2 aromatic carbocycles. The Morgan fingerprint density at radius 1 is 1.16 bits per heavy atom. The predicted octanol–water partition coefficient (Wildman–Crippen LogP) is 4.80. The van der Waals surface area contributed by atoms with Crippen LogP contribution in [0.25, 0.3) is 5.69 Å². The number of thioether (sulfide) groups is 1. The number of aryl methyl sites for hydroxylation is 1. The third-order valence-electron chi connectivity index (χ3n) is 4.67. The van der Waals surface area contributed by atoms with Gasteiger partial charge in [0.1, 0.15) is 6.33 Å². The maximum atomic E-state index is 12.1. The molecule has 0 atom stereocenters. The number of nitrogens with zero attached hydrogens (tertiary/aromatic N) is 3. The average Bonchev–Trinajstić information content (AvgIpc) is 3.21. The Morgan fingerprint density at radius 2 is 1.88 bits per heavy atom. The van der Waals surface area contributed by atoms with Crippen molar-refractivity contribution in [2.75, 3.05) is 17.7 Å². The van der Waals surface area contributed by atoms with Crippen LogP contribution < -0.4 is 5.32 Å². The van der Waals surface area contributed by atoms with Gasteiger partial charge in [-0.1, -0.05) is 62.3 Å². The number of halogens is 1. The van der Waals surface area contributed by atoms with Gasteiger partial charge in [-0.25, -0.2) is 0 Å². The SMILES string of the molecule is Cc1ccc(-n2cnnc2SCC(=O)OCC(=O)Nc2ccc(C(C)(C)C)cc2)cc1Cl. The molecule has 0 radical (unpaired) electrons. The molecule has 32 heavy (non-hydrogen) atoms. The lowest BCUT2D eigenvalue weighted by atomic mass is 9.87. The first-order valence-electron chi connectivity index (χ1n) is 9.99. The molecular weight excluding hydrogens is 448 g/mol. The van der Waals surface area contributed by atoms with Gasteiger partial charge in [-0.05, 0) is 47.7 Å². The maximum absolute atomic E-state index is 12.1. The number of esters is 1. The second kappa shape index (κ2) is 10.2. The third kappa shape index (κ3) is 6.34. The normalized spacial score (nSPS) is 11.3. The van der Waals surface area contributed by atoms with Crippen LogP contribution in [0, 0.1) is 6.92 Å². The van der Waals surface area contributed by atoms with Gasteiger partial charge in [0.15, 0.2) is 11.8 Å². The Labute approximate surface area is 196 Å². The van der Waals surface area contributed by atoms with E-state index in [4.69, 9.17) is 16.3 Å². The quantitative estimate of drug-likeness (QED) is 0.392. The highest BCUT2D eigenvalue weighted by Gasteiger charge is 2.15. The lowest BCUT2D eigenvalue weighted by molar-refractivity contribution is -0.144. The fourth-order valence-electron chi connectivity index (χ4n) is 2.79. The van der Waals surface area contributed by atoms with Gasteiger partial charge in [0.05, 0.1) is 11.4 Å². The molecule has 9 heteroatoms. The van der Waals surface area contributed by atoms with Crippen LogP contribution in [0.2, 0.25) is 5.02 Å². The fourth-order valence-corrected chi connectivity index (χ4v) is 3.69. The van der Waals surface area contributed by atoms with E-state index < -0.39 is 11.9 Å². The zero-order valence-electron chi connectivity index (χ0n) is 18.4. The van der Waals surface area contributed by atoms with E-state index in [9.17, 15) is 9.59 Å². The number of nitrogens with one attached hydrogen (secondary N) is 1. The molecule has 0 aliphatic heterocycles. The topological polar surface area (TPSA) is 86.1 Å². The highest BCUT2D eigenvalue weighted by atomic mass is 35.5. The number of carbonyl (C=O) groups is 2. The average molecular weight is 473 g/mol. The van der Waals surface area contributed by atoms with Gasteiger partial charge in [-0.3, -0.25) is 14.2 Å². The van der Waals surface area contributed by atoms with E-state index in [0.29, 0.717) is 15.9 Å². The molecule has 0 aliphatic rings. The number of anilines is 1. The van der Waals surface area contributed by atoms with Crippen molar-refractivity contribution in [2.45, 2.75) is 38.3 Å². The minimum atomic E-state index is -0.523. The third-order valence-corrected chi connectivity index (χ3v) is 5.99. The van der Waals surface area contributed by atoms with Crippen LogP contribution >= 0.6 is 23.4 Å². The van der Waals surface area contributed by atoms with Gasteiger partial charge >= 0.3 is 5.97 Å². The van der Waals surface area contributed by atoms with E-state index in [0.717, 1.165) is 11.3 Å². The highest BCUT2D eigenvalue weighted by Crippen LogP contribution is 2.24. The second-order valence-electron chi connectivity index (χ2n) is 8.24. The van der Waals surface area contributed by atoms with Crippen LogP contribution in [-0.4, -0.2) is 39.0 Å². The summed E-state index contributed by atoms with van der Waals surface area (Å²) in [5.74, 6) is -0.930. The Kier molecular flexibility index (Phi) is 7.58. The Balaban J connectivity index is 1.48. The lowest BCUT2D eigenvalue weighted by Gasteiger charge is -2.19. The summed E-state index contributed by atoms with van der Waals surface area (Å²) in [6.07, 6.45) is 1.55. The minimum Gasteiger partial charge on any atom is -0.455 e. The number of benzene rings is 2. The monoisotopic (exact) mass is 472 g/mol. The first-order valence-corrected chi connectivity index (χ1v) is 11.4. The molecule has 168 valence electrons. The molecule has 0 fully saturated rings. The smallest absolute Gasteiger partial charge is 0.316 e.